The third-order valence-electron chi connectivity index (χ3n) is 2.58. The quantitative estimate of drug-likeness (QED) is 0.619. The minimum atomic E-state index is 0.351. The van der Waals surface area contributed by atoms with Gasteiger partial charge in [-0.3, -0.25) is 0 Å². The number of aliphatic hydroxyl groups is 1. The van der Waals surface area contributed by atoms with E-state index in [9.17, 15) is 0 Å². The van der Waals surface area contributed by atoms with Gasteiger partial charge in [0.05, 0.1) is 0 Å². The molecule has 0 fully saturated rings. The van der Waals surface area contributed by atoms with Gasteiger partial charge in [0.25, 0.3) is 0 Å². The molecular formula is C10H18O. The van der Waals surface area contributed by atoms with Crippen molar-refractivity contribution in [3.63, 3.8) is 0 Å². The third kappa shape index (κ3) is 2.66. The summed E-state index contributed by atoms with van der Waals surface area (Å²) in [5, 5.41) is 8.66. The second-order valence-corrected chi connectivity index (χ2v) is 3.44. The van der Waals surface area contributed by atoms with Crippen LogP contribution in [0.1, 0.15) is 39.0 Å². The Labute approximate surface area is 69.1 Å². The molecule has 0 heterocycles. The molecule has 11 heavy (non-hydrogen) atoms. The van der Waals surface area contributed by atoms with Gasteiger partial charge in [0.1, 0.15) is 0 Å². The van der Waals surface area contributed by atoms with Crippen molar-refractivity contribution in [3.8, 4) is 0 Å². The van der Waals surface area contributed by atoms with Gasteiger partial charge in [-0.25, -0.2) is 0 Å². The molecule has 1 aliphatic carbocycles. The smallest absolute Gasteiger partial charge is 0.0431 e. The Bertz CT molecular complexity index is 138. The van der Waals surface area contributed by atoms with Crippen LogP contribution < -0.4 is 0 Å². The minimum absolute atomic E-state index is 0.351. The number of rotatable bonds is 3. The fraction of sp³-hybridized carbons (Fsp3) is 0.800. The highest BCUT2D eigenvalue weighted by Crippen LogP contribution is 2.27. The van der Waals surface area contributed by atoms with Crippen LogP contribution in [0, 0.1) is 5.92 Å². The lowest BCUT2D eigenvalue weighted by molar-refractivity contribution is 0.272. The molecule has 0 aromatic carbocycles. The SMILES string of the molecule is CC1=CCCC[C@@H]1CCCO. The highest BCUT2D eigenvalue weighted by Gasteiger charge is 2.12. The summed E-state index contributed by atoms with van der Waals surface area (Å²) in [6.45, 7) is 2.57. The molecule has 0 saturated heterocycles. The van der Waals surface area contributed by atoms with Crippen molar-refractivity contribution in [1.29, 1.82) is 0 Å². The molecule has 0 bridgehead atoms. The Hall–Kier alpha value is -0.300. The second-order valence-electron chi connectivity index (χ2n) is 3.44. The molecule has 0 aliphatic heterocycles. The fourth-order valence-corrected chi connectivity index (χ4v) is 1.80. The summed E-state index contributed by atoms with van der Waals surface area (Å²) in [5.74, 6) is 0.774. The van der Waals surface area contributed by atoms with E-state index in [1.165, 1.54) is 25.7 Å². The Balaban J connectivity index is 2.31. The number of hydrogen-bond donors (Lipinski definition) is 1. The number of allylic oxidation sites excluding steroid dienone is 2. The van der Waals surface area contributed by atoms with Crippen LogP contribution in [0.2, 0.25) is 0 Å². The summed E-state index contributed by atoms with van der Waals surface area (Å²) in [5.41, 5.74) is 1.55. The van der Waals surface area contributed by atoms with Crippen molar-refractivity contribution in [1.82, 2.24) is 0 Å². The molecule has 0 radical (unpaired) electrons. The zero-order valence-electron chi connectivity index (χ0n) is 7.34. The Morgan fingerprint density at radius 2 is 2.45 bits per heavy atom. The van der Waals surface area contributed by atoms with Gasteiger partial charge >= 0.3 is 0 Å². The van der Waals surface area contributed by atoms with Crippen LogP contribution >= 0.6 is 0 Å². The zero-order chi connectivity index (χ0) is 8.10. The van der Waals surface area contributed by atoms with E-state index in [1.54, 1.807) is 5.57 Å². The largest absolute Gasteiger partial charge is 0.396 e. The summed E-state index contributed by atoms with van der Waals surface area (Å²) >= 11 is 0. The lowest BCUT2D eigenvalue weighted by atomic mass is 9.85. The average molecular weight is 154 g/mol. The van der Waals surface area contributed by atoms with Crippen LogP contribution in [-0.2, 0) is 0 Å². The summed E-state index contributed by atoms with van der Waals surface area (Å²) in [6, 6.07) is 0. The minimum Gasteiger partial charge on any atom is -0.396 e. The molecule has 0 unspecified atom stereocenters. The maximum atomic E-state index is 8.66. The van der Waals surface area contributed by atoms with Gasteiger partial charge in [-0.05, 0) is 44.9 Å². The van der Waals surface area contributed by atoms with Crippen molar-refractivity contribution in [2.75, 3.05) is 6.61 Å². The molecule has 1 rings (SSSR count). The molecular weight excluding hydrogens is 136 g/mol. The maximum absolute atomic E-state index is 8.66. The first kappa shape index (κ1) is 8.79. The van der Waals surface area contributed by atoms with E-state index < -0.39 is 0 Å². The van der Waals surface area contributed by atoms with Crippen LogP contribution in [-0.4, -0.2) is 11.7 Å². The van der Waals surface area contributed by atoms with E-state index in [-0.39, 0.29) is 0 Å². The highest BCUT2D eigenvalue weighted by atomic mass is 16.2. The molecule has 0 saturated carbocycles. The molecule has 0 aromatic rings. The van der Waals surface area contributed by atoms with Gasteiger partial charge in [0.2, 0.25) is 0 Å². The van der Waals surface area contributed by atoms with Crippen LogP contribution in [0.15, 0.2) is 11.6 Å². The molecule has 1 aliphatic rings. The van der Waals surface area contributed by atoms with E-state index in [4.69, 9.17) is 5.11 Å². The number of aliphatic hydroxyl groups excluding tert-OH is 1. The van der Waals surface area contributed by atoms with E-state index in [1.807, 2.05) is 0 Å². The van der Waals surface area contributed by atoms with Crippen LogP contribution in [0.5, 0.6) is 0 Å². The second kappa shape index (κ2) is 4.55. The molecule has 64 valence electrons. The van der Waals surface area contributed by atoms with Gasteiger partial charge in [-0.2, -0.15) is 0 Å². The van der Waals surface area contributed by atoms with Crippen LogP contribution in [0.25, 0.3) is 0 Å². The molecule has 1 heteroatoms. The van der Waals surface area contributed by atoms with Crippen molar-refractivity contribution < 1.29 is 5.11 Å². The van der Waals surface area contributed by atoms with Crippen molar-refractivity contribution in [2.24, 2.45) is 5.92 Å². The fourth-order valence-electron chi connectivity index (χ4n) is 1.80. The lowest BCUT2D eigenvalue weighted by Crippen LogP contribution is -2.07. The standard InChI is InChI=1S/C10H18O/c1-9-5-2-3-6-10(9)7-4-8-11/h5,10-11H,2-4,6-8H2,1H3/t10-/m1/s1. The van der Waals surface area contributed by atoms with Gasteiger partial charge in [0, 0.05) is 6.61 Å². The molecule has 1 atom stereocenters. The van der Waals surface area contributed by atoms with Gasteiger partial charge < -0.3 is 5.11 Å². The van der Waals surface area contributed by atoms with E-state index >= 15 is 0 Å². The summed E-state index contributed by atoms with van der Waals surface area (Å²) in [6.07, 6.45) is 8.44. The molecule has 1 nitrogen and oxygen atoms in total. The highest BCUT2D eigenvalue weighted by molar-refractivity contribution is 5.06. The van der Waals surface area contributed by atoms with Crippen molar-refractivity contribution in [2.45, 2.75) is 39.0 Å². The number of hydrogen-bond acceptors (Lipinski definition) is 1. The first-order chi connectivity index (χ1) is 5.34. The Kier molecular flexibility index (Phi) is 3.64. The Morgan fingerprint density at radius 1 is 1.64 bits per heavy atom. The van der Waals surface area contributed by atoms with Gasteiger partial charge in [-0.15, -0.1) is 0 Å². The zero-order valence-corrected chi connectivity index (χ0v) is 7.34. The molecule has 0 aromatic heterocycles. The normalized spacial score (nSPS) is 24.9. The molecule has 0 amide bonds. The van der Waals surface area contributed by atoms with Gasteiger partial charge in [0.15, 0.2) is 0 Å². The maximum Gasteiger partial charge on any atom is 0.0431 e. The van der Waals surface area contributed by atoms with Crippen molar-refractivity contribution >= 4 is 0 Å². The molecule has 0 spiro atoms. The lowest BCUT2D eigenvalue weighted by Gasteiger charge is -2.21. The topological polar surface area (TPSA) is 20.2 Å². The molecule has 1 N–H and O–H groups in total. The Morgan fingerprint density at radius 3 is 3.09 bits per heavy atom. The monoisotopic (exact) mass is 154 g/mol. The summed E-state index contributed by atoms with van der Waals surface area (Å²) in [4.78, 5) is 0. The van der Waals surface area contributed by atoms with Crippen LogP contribution in [0.4, 0.5) is 0 Å². The average Bonchev–Trinajstić information content (AvgIpc) is 2.03. The summed E-state index contributed by atoms with van der Waals surface area (Å²) in [7, 11) is 0. The van der Waals surface area contributed by atoms with E-state index in [0.29, 0.717) is 6.61 Å². The predicted octanol–water partition coefficient (Wildman–Crippen LogP) is 2.51. The summed E-state index contributed by atoms with van der Waals surface area (Å²) < 4.78 is 0. The van der Waals surface area contributed by atoms with E-state index in [2.05, 4.69) is 13.0 Å². The van der Waals surface area contributed by atoms with Gasteiger partial charge in [-0.1, -0.05) is 11.6 Å². The third-order valence-corrected chi connectivity index (χ3v) is 2.58. The predicted molar refractivity (Wildman–Crippen MR) is 47.4 cm³/mol. The van der Waals surface area contributed by atoms with E-state index in [0.717, 1.165) is 12.3 Å². The first-order valence-corrected chi connectivity index (χ1v) is 4.62. The first-order valence-electron chi connectivity index (χ1n) is 4.62. The van der Waals surface area contributed by atoms with Crippen molar-refractivity contribution in [3.05, 3.63) is 11.6 Å². The van der Waals surface area contributed by atoms with Crippen LogP contribution in [0.3, 0.4) is 0 Å².